The molecule has 2 rings (SSSR count). The van der Waals surface area contributed by atoms with E-state index in [2.05, 4.69) is 4.98 Å². The second-order valence-corrected chi connectivity index (χ2v) is 4.57. The van der Waals surface area contributed by atoms with Crippen LogP contribution in [-0.2, 0) is 4.74 Å². The maximum absolute atomic E-state index is 11.1. The molecule has 1 fully saturated rings. The third kappa shape index (κ3) is 2.85. The molecular weight excluding hydrogens is 266 g/mol. The van der Waals surface area contributed by atoms with Crippen LogP contribution in [-0.4, -0.2) is 47.3 Å². The van der Waals surface area contributed by atoms with Crippen LogP contribution in [0.2, 0.25) is 0 Å². The number of carbonyl (C=O) groups is 1. The van der Waals surface area contributed by atoms with Crippen molar-refractivity contribution in [3.63, 3.8) is 0 Å². The number of methoxy groups -OCH3 is 1. The molecule has 20 heavy (non-hydrogen) atoms. The molecule has 2 heterocycles. The van der Waals surface area contributed by atoms with Crippen molar-refractivity contribution in [2.75, 3.05) is 25.1 Å². The van der Waals surface area contributed by atoms with Crippen LogP contribution in [0, 0.1) is 10.1 Å². The lowest BCUT2D eigenvalue weighted by molar-refractivity contribution is -0.384. The van der Waals surface area contributed by atoms with Crippen molar-refractivity contribution >= 4 is 17.5 Å². The van der Waals surface area contributed by atoms with Crippen molar-refractivity contribution < 1.29 is 19.6 Å². The number of aromatic carboxylic acids is 1. The van der Waals surface area contributed by atoms with E-state index in [1.165, 1.54) is 0 Å². The van der Waals surface area contributed by atoms with E-state index in [0.717, 1.165) is 25.1 Å². The zero-order chi connectivity index (χ0) is 14.7. The van der Waals surface area contributed by atoms with Gasteiger partial charge in [0.05, 0.1) is 16.6 Å². The summed E-state index contributed by atoms with van der Waals surface area (Å²) >= 11 is 0. The molecule has 1 saturated heterocycles. The molecule has 1 aliphatic rings. The minimum atomic E-state index is -1.24. The van der Waals surface area contributed by atoms with Crippen molar-refractivity contribution in [3.05, 3.63) is 27.9 Å². The molecular formula is C12H15N3O5. The molecule has 0 aliphatic carbocycles. The largest absolute Gasteiger partial charge is 0.478 e. The van der Waals surface area contributed by atoms with Crippen molar-refractivity contribution in [1.82, 2.24) is 4.98 Å². The van der Waals surface area contributed by atoms with Gasteiger partial charge in [-0.1, -0.05) is 0 Å². The van der Waals surface area contributed by atoms with Gasteiger partial charge in [-0.3, -0.25) is 10.1 Å². The number of hydrogen-bond acceptors (Lipinski definition) is 6. The molecule has 0 spiro atoms. The molecule has 8 heteroatoms. The van der Waals surface area contributed by atoms with E-state index in [1.54, 1.807) is 12.0 Å². The number of pyridine rings is 1. The summed E-state index contributed by atoms with van der Waals surface area (Å²) in [6.07, 6.45) is 2.89. The first kappa shape index (κ1) is 14.2. The maximum atomic E-state index is 11.1. The van der Waals surface area contributed by atoms with Crippen LogP contribution in [0.3, 0.4) is 0 Å². The first-order chi connectivity index (χ1) is 9.52. The normalized spacial score (nSPS) is 18.9. The Balaban J connectivity index is 2.35. The average Bonchev–Trinajstić information content (AvgIpc) is 2.46. The molecule has 8 nitrogen and oxygen atoms in total. The van der Waals surface area contributed by atoms with Crippen molar-refractivity contribution in [2.24, 2.45) is 0 Å². The van der Waals surface area contributed by atoms with E-state index in [1.807, 2.05) is 0 Å². The first-order valence-electron chi connectivity index (χ1n) is 6.18. The number of rotatable bonds is 4. The fraction of sp³-hybridized carbons (Fsp3) is 0.500. The molecule has 1 N–H and O–H groups in total. The molecule has 1 aromatic heterocycles. The molecule has 0 aromatic carbocycles. The van der Waals surface area contributed by atoms with Crippen molar-refractivity contribution in [3.8, 4) is 0 Å². The summed E-state index contributed by atoms with van der Waals surface area (Å²) < 4.78 is 5.27. The topological polar surface area (TPSA) is 106 Å². The van der Waals surface area contributed by atoms with Crippen molar-refractivity contribution in [1.29, 1.82) is 0 Å². The highest BCUT2D eigenvalue weighted by atomic mass is 16.6. The van der Waals surface area contributed by atoms with Crippen LogP contribution >= 0.6 is 0 Å². The van der Waals surface area contributed by atoms with Gasteiger partial charge in [0.25, 0.3) is 0 Å². The Kier molecular flexibility index (Phi) is 4.14. The smallest absolute Gasteiger partial charge is 0.337 e. The maximum Gasteiger partial charge on any atom is 0.337 e. The molecule has 1 aliphatic heterocycles. The van der Waals surface area contributed by atoms with Crippen LogP contribution in [0.4, 0.5) is 11.5 Å². The van der Waals surface area contributed by atoms with Crippen LogP contribution in [0.15, 0.2) is 12.3 Å². The van der Waals surface area contributed by atoms with Crippen LogP contribution in [0.25, 0.3) is 0 Å². The van der Waals surface area contributed by atoms with Crippen LogP contribution < -0.4 is 4.90 Å². The van der Waals surface area contributed by atoms with Gasteiger partial charge in [-0.2, -0.15) is 0 Å². The third-order valence-corrected chi connectivity index (χ3v) is 3.30. The van der Waals surface area contributed by atoms with E-state index >= 15 is 0 Å². The van der Waals surface area contributed by atoms with Gasteiger partial charge in [0.2, 0.25) is 5.82 Å². The molecule has 1 atom stereocenters. The predicted molar refractivity (Wildman–Crippen MR) is 70.1 cm³/mol. The zero-order valence-electron chi connectivity index (χ0n) is 11.0. The zero-order valence-corrected chi connectivity index (χ0v) is 11.0. The second kappa shape index (κ2) is 5.83. The number of nitrogens with zero attached hydrogens (tertiary/aromatic N) is 3. The Hall–Kier alpha value is -2.22. The number of carboxylic acids is 1. The van der Waals surface area contributed by atoms with Gasteiger partial charge < -0.3 is 14.7 Å². The Morgan fingerprint density at radius 2 is 2.40 bits per heavy atom. The number of carboxylic acid groups (broad SMARTS) is 1. The van der Waals surface area contributed by atoms with Gasteiger partial charge in [0, 0.05) is 32.5 Å². The minimum Gasteiger partial charge on any atom is -0.478 e. The van der Waals surface area contributed by atoms with E-state index in [4.69, 9.17) is 9.84 Å². The fourth-order valence-electron chi connectivity index (χ4n) is 2.26. The molecule has 1 unspecified atom stereocenters. The van der Waals surface area contributed by atoms with E-state index in [9.17, 15) is 14.9 Å². The molecule has 0 radical (unpaired) electrons. The van der Waals surface area contributed by atoms with Gasteiger partial charge in [0.15, 0.2) is 0 Å². The highest BCUT2D eigenvalue weighted by molar-refractivity contribution is 5.88. The lowest BCUT2D eigenvalue weighted by atomic mass is 10.1. The second-order valence-electron chi connectivity index (χ2n) is 4.57. The SMILES string of the molecule is COC1CCCN(c2ncc(C(=O)O)cc2[N+](=O)[O-])C1. The molecule has 108 valence electrons. The number of anilines is 1. The Morgan fingerprint density at radius 3 is 3.00 bits per heavy atom. The summed E-state index contributed by atoms with van der Waals surface area (Å²) in [4.78, 5) is 27.1. The van der Waals surface area contributed by atoms with Gasteiger partial charge in [-0.05, 0) is 12.8 Å². The predicted octanol–water partition coefficient (Wildman–Crippen LogP) is 1.30. The molecule has 0 bridgehead atoms. The van der Waals surface area contributed by atoms with E-state index in [0.29, 0.717) is 13.1 Å². The number of nitro groups is 1. The van der Waals surface area contributed by atoms with Gasteiger partial charge in [-0.25, -0.2) is 9.78 Å². The minimum absolute atomic E-state index is 0.00399. The van der Waals surface area contributed by atoms with Crippen LogP contribution in [0.1, 0.15) is 23.2 Å². The Bertz CT molecular complexity index is 534. The molecule has 0 amide bonds. The number of piperidine rings is 1. The fourth-order valence-corrected chi connectivity index (χ4v) is 2.26. The van der Waals surface area contributed by atoms with E-state index < -0.39 is 10.9 Å². The van der Waals surface area contributed by atoms with Crippen LogP contribution in [0.5, 0.6) is 0 Å². The third-order valence-electron chi connectivity index (χ3n) is 3.30. The standard InChI is InChI=1S/C12H15N3O5/c1-20-9-3-2-4-14(7-9)11-10(15(18)19)5-8(6-13-11)12(16)17/h5-6,9H,2-4,7H2,1H3,(H,16,17). The average molecular weight is 281 g/mol. The van der Waals surface area contributed by atoms with E-state index in [-0.39, 0.29) is 23.2 Å². The monoisotopic (exact) mass is 281 g/mol. The Morgan fingerprint density at radius 1 is 1.65 bits per heavy atom. The van der Waals surface area contributed by atoms with Gasteiger partial charge in [0.1, 0.15) is 0 Å². The number of hydrogen-bond donors (Lipinski definition) is 1. The lowest BCUT2D eigenvalue weighted by Crippen LogP contribution is -2.40. The summed E-state index contributed by atoms with van der Waals surface area (Å²) in [5.41, 5.74) is -0.484. The van der Waals surface area contributed by atoms with Gasteiger partial charge >= 0.3 is 11.7 Å². The lowest BCUT2D eigenvalue weighted by Gasteiger charge is -2.32. The van der Waals surface area contributed by atoms with Gasteiger partial charge in [-0.15, -0.1) is 0 Å². The highest BCUT2D eigenvalue weighted by Crippen LogP contribution is 2.29. The summed E-state index contributed by atoms with van der Waals surface area (Å²) in [5, 5.41) is 20.0. The summed E-state index contributed by atoms with van der Waals surface area (Å²) in [6, 6.07) is 1.04. The summed E-state index contributed by atoms with van der Waals surface area (Å²) in [6.45, 7) is 1.15. The molecule has 1 aromatic rings. The van der Waals surface area contributed by atoms with Crippen molar-refractivity contribution in [2.45, 2.75) is 18.9 Å². The summed E-state index contributed by atoms with van der Waals surface area (Å²) in [5.74, 6) is -1.04. The number of aromatic nitrogens is 1. The highest BCUT2D eigenvalue weighted by Gasteiger charge is 2.27. The first-order valence-corrected chi connectivity index (χ1v) is 6.18. The molecule has 0 saturated carbocycles. The quantitative estimate of drug-likeness (QED) is 0.654. The number of ether oxygens (including phenoxy) is 1. The summed E-state index contributed by atoms with van der Waals surface area (Å²) in [7, 11) is 1.60. The Labute approximate surface area is 115 Å².